The maximum Gasteiger partial charge on any atom is 0.272 e. The number of carbonyl (C=O) groups is 3. The fourth-order valence-electron chi connectivity index (χ4n) is 4.03. The first-order chi connectivity index (χ1) is 20.0. The molecule has 0 spiro atoms. The molecule has 0 radical (unpaired) electrons. The van der Waals surface area contributed by atoms with Crippen molar-refractivity contribution in [2.75, 3.05) is 11.1 Å². The van der Waals surface area contributed by atoms with Crippen LogP contribution in [-0.4, -0.2) is 23.4 Å². The molecule has 0 aliphatic rings. The van der Waals surface area contributed by atoms with Gasteiger partial charge in [0.25, 0.3) is 11.8 Å². The van der Waals surface area contributed by atoms with E-state index in [1.165, 1.54) is 23.1 Å². The van der Waals surface area contributed by atoms with Crippen molar-refractivity contribution in [2.24, 2.45) is 0 Å². The lowest BCUT2D eigenvalue weighted by molar-refractivity contribution is -0.113. The van der Waals surface area contributed by atoms with Gasteiger partial charge in [0.05, 0.1) is 10.6 Å². The van der Waals surface area contributed by atoms with Crippen LogP contribution in [0.1, 0.15) is 25.6 Å². The fraction of sp³-hybridized carbons (Fsp3) is 0.0294. The van der Waals surface area contributed by atoms with E-state index in [2.05, 4.69) is 10.6 Å². The Morgan fingerprint density at radius 3 is 2.15 bits per heavy atom. The van der Waals surface area contributed by atoms with Crippen molar-refractivity contribution in [3.8, 4) is 11.1 Å². The van der Waals surface area contributed by atoms with Gasteiger partial charge in [0.15, 0.2) is 5.78 Å². The van der Waals surface area contributed by atoms with Crippen LogP contribution in [0.3, 0.4) is 0 Å². The lowest BCUT2D eigenvalue weighted by atomic mass is 10.0. The van der Waals surface area contributed by atoms with Gasteiger partial charge in [0.2, 0.25) is 0 Å². The average molecular weight is 575 g/mol. The number of nitrogens with one attached hydrogen (secondary N) is 2. The molecule has 5 rings (SSSR count). The zero-order valence-corrected chi connectivity index (χ0v) is 23.6. The predicted molar refractivity (Wildman–Crippen MR) is 168 cm³/mol. The predicted octanol–water partition coefficient (Wildman–Crippen LogP) is 7.80. The van der Waals surface area contributed by atoms with Crippen LogP contribution in [0.2, 0.25) is 0 Å². The molecule has 0 saturated carbocycles. The van der Waals surface area contributed by atoms with Crippen molar-refractivity contribution < 1.29 is 14.4 Å². The van der Waals surface area contributed by atoms with Gasteiger partial charge in [-0.3, -0.25) is 14.4 Å². The standard InChI is InChI=1S/C34H26N2O3S2/c37-31(32-15-8-20-40-32)23-41-29-14-7-13-28(22-29)35-34(39)30(36-33(38)27-11-5-2-6-12-27)21-24-16-18-26(19-17-24)25-9-3-1-4-10-25/h1-22H,23H2,(H,35,39)(H,36,38)/b30-21-. The number of rotatable bonds is 10. The van der Waals surface area contributed by atoms with E-state index in [9.17, 15) is 14.4 Å². The highest BCUT2D eigenvalue weighted by Gasteiger charge is 2.16. The van der Waals surface area contributed by atoms with E-state index < -0.39 is 5.91 Å². The van der Waals surface area contributed by atoms with Crippen molar-refractivity contribution >= 4 is 52.5 Å². The largest absolute Gasteiger partial charge is 0.321 e. The van der Waals surface area contributed by atoms with E-state index >= 15 is 0 Å². The molecule has 0 fully saturated rings. The molecule has 0 aliphatic heterocycles. The van der Waals surface area contributed by atoms with Gasteiger partial charge < -0.3 is 10.6 Å². The summed E-state index contributed by atoms with van der Waals surface area (Å²) < 4.78 is 0. The second-order valence-electron chi connectivity index (χ2n) is 9.04. The number of thioether (sulfide) groups is 1. The minimum atomic E-state index is -0.460. The molecule has 1 aromatic heterocycles. The Balaban J connectivity index is 1.34. The Bertz CT molecular complexity index is 1660. The minimum Gasteiger partial charge on any atom is -0.321 e. The maximum absolute atomic E-state index is 13.5. The van der Waals surface area contributed by atoms with Crippen molar-refractivity contribution in [2.45, 2.75) is 4.90 Å². The van der Waals surface area contributed by atoms with Crippen LogP contribution >= 0.6 is 23.1 Å². The molecular weight excluding hydrogens is 549 g/mol. The van der Waals surface area contributed by atoms with Crippen LogP contribution in [0, 0.1) is 0 Å². The molecule has 5 nitrogen and oxygen atoms in total. The number of carbonyl (C=O) groups excluding carboxylic acids is 3. The SMILES string of the molecule is O=C(Nc1cccc(SCC(=O)c2cccs2)c1)/C(=C/c1ccc(-c2ccccc2)cc1)NC(=O)c1ccccc1. The normalized spacial score (nSPS) is 11.1. The van der Waals surface area contributed by atoms with Crippen molar-refractivity contribution in [1.82, 2.24) is 5.32 Å². The third-order valence-corrected chi connectivity index (χ3v) is 8.02. The van der Waals surface area contributed by atoms with Gasteiger partial charge in [-0.25, -0.2) is 0 Å². The highest BCUT2D eigenvalue weighted by atomic mass is 32.2. The number of ketones is 1. The molecule has 2 N–H and O–H groups in total. The van der Waals surface area contributed by atoms with E-state index in [-0.39, 0.29) is 17.4 Å². The Morgan fingerprint density at radius 1 is 0.732 bits per heavy atom. The molecule has 0 aliphatic carbocycles. The molecule has 0 atom stereocenters. The monoisotopic (exact) mass is 574 g/mol. The Hall–Kier alpha value is -4.72. The Morgan fingerprint density at radius 2 is 1.44 bits per heavy atom. The second kappa shape index (κ2) is 13.6. The van der Waals surface area contributed by atoms with E-state index in [4.69, 9.17) is 0 Å². The highest BCUT2D eigenvalue weighted by Crippen LogP contribution is 2.24. The molecule has 2 amide bonds. The molecule has 41 heavy (non-hydrogen) atoms. The van der Waals surface area contributed by atoms with Crippen molar-refractivity contribution in [3.05, 3.63) is 148 Å². The zero-order valence-electron chi connectivity index (χ0n) is 22.0. The molecule has 0 unspecified atom stereocenters. The highest BCUT2D eigenvalue weighted by molar-refractivity contribution is 8.00. The summed E-state index contributed by atoms with van der Waals surface area (Å²) in [4.78, 5) is 40.4. The number of thiophene rings is 1. The number of anilines is 1. The van der Waals surface area contributed by atoms with Gasteiger partial charge in [0, 0.05) is 16.1 Å². The summed E-state index contributed by atoms with van der Waals surface area (Å²) in [6.07, 6.45) is 1.66. The number of hydrogen-bond acceptors (Lipinski definition) is 5. The number of hydrogen-bond donors (Lipinski definition) is 2. The summed E-state index contributed by atoms with van der Waals surface area (Å²) in [6.45, 7) is 0. The lowest BCUT2D eigenvalue weighted by Crippen LogP contribution is -2.30. The molecule has 4 aromatic carbocycles. The topological polar surface area (TPSA) is 75.3 Å². The summed E-state index contributed by atoms with van der Waals surface area (Å²) >= 11 is 2.83. The summed E-state index contributed by atoms with van der Waals surface area (Å²) in [5.41, 5.74) is 4.02. The average Bonchev–Trinajstić information content (AvgIpc) is 3.56. The summed E-state index contributed by atoms with van der Waals surface area (Å²) in [5.74, 6) is -0.482. The van der Waals surface area contributed by atoms with Crippen LogP contribution in [-0.2, 0) is 4.79 Å². The number of Topliss-reactive ketones (excluding diaryl/α,β-unsaturated/α-hetero) is 1. The van der Waals surface area contributed by atoms with Crippen LogP contribution in [0.15, 0.2) is 137 Å². The van der Waals surface area contributed by atoms with Crippen LogP contribution in [0.5, 0.6) is 0 Å². The molecule has 7 heteroatoms. The zero-order chi connectivity index (χ0) is 28.4. The molecule has 0 bridgehead atoms. The first kappa shape index (κ1) is 27.8. The quantitative estimate of drug-likeness (QED) is 0.101. The summed E-state index contributed by atoms with van der Waals surface area (Å²) in [7, 11) is 0. The summed E-state index contributed by atoms with van der Waals surface area (Å²) in [6, 6.07) is 37.5. The fourth-order valence-corrected chi connectivity index (χ4v) is 5.62. The van der Waals surface area contributed by atoms with E-state index in [0.717, 1.165) is 26.5 Å². The molecule has 0 saturated heterocycles. The first-order valence-corrected chi connectivity index (χ1v) is 14.8. The van der Waals surface area contributed by atoms with Gasteiger partial charge in [-0.05, 0) is 64.5 Å². The molecule has 1 heterocycles. The van der Waals surface area contributed by atoms with E-state index in [0.29, 0.717) is 17.0 Å². The third-order valence-electron chi connectivity index (χ3n) is 6.12. The van der Waals surface area contributed by atoms with Crippen molar-refractivity contribution in [3.63, 3.8) is 0 Å². The van der Waals surface area contributed by atoms with Gasteiger partial charge in [-0.1, -0.05) is 84.9 Å². The van der Waals surface area contributed by atoms with Crippen LogP contribution in [0.4, 0.5) is 5.69 Å². The second-order valence-corrected chi connectivity index (χ2v) is 11.0. The molecule has 5 aromatic rings. The number of amides is 2. The summed E-state index contributed by atoms with van der Waals surface area (Å²) in [5, 5.41) is 7.56. The van der Waals surface area contributed by atoms with E-state index in [1.807, 2.05) is 96.4 Å². The molecular formula is C34H26N2O3S2. The maximum atomic E-state index is 13.5. The van der Waals surface area contributed by atoms with Crippen LogP contribution in [0.25, 0.3) is 17.2 Å². The Kier molecular flexibility index (Phi) is 9.21. The van der Waals surface area contributed by atoms with Crippen LogP contribution < -0.4 is 10.6 Å². The van der Waals surface area contributed by atoms with Gasteiger partial charge in [0.1, 0.15) is 5.70 Å². The van der Waals surface area contributed by atoms with Gasteiger partial charge >= 0.3 is 0 Å². The first-order valence-electron chi connectivity index (χ1n) is 12.9. The van der Waals surface area contributed by atoms with Gasteiger partial charge in [-0.15, -0.1) is 23.1 Å². The lowest BCUT2D eigenvalue weighted by Gasteiger charge is -2.12. The van der Waals surface area contributed by atoms with E-state index in [1.54, 1.807) is 36.4 Å². The molecule has 202 valence electrons. The van der Waals surface area contributed by atoms with Crippen molar-refractivity contribution in [1.29, 1.82) is 0 Å². The minimum absolute atomic E-state index is 0.0616. The Labute approximate surface area is 247 Å². The smallest absolute Gasteiger partial charge is 0.272 e. The third kappa shape index (κ3) is 7.69. The number of benzene rings is 4. The van der Waals surface area contributed by atoms with Gasteiger partial charge in [-0.2, -0.15) is 0 Å².